The Hall–Kier alpha value is -2.98. The van der Waals surface area contributed by atoms with E-state index in [1.807, 2.05) is 62.4 Å². The summed E-state index contributed by atoms with van der Waals surface area (Å²) in [6.07, 6.45) is 0.778. The minimum atomic E-state index is -0.140. The number of methoxy groups -OCH3 is 1. The summed E-state index contributed by atoms with van der Waals surface area (Å²) >= 11 is 6.18. The highest BCUT2D eigenvalue weighted by atomic mass is 35.5. The van der Waals surface area contributed by atoms with E-state index in [9.17, 15) is 4.79 Å². The van der Waals surface area contributed by atoms with Gasteiger partial charge in [-0.15, -0.1) is 0 Å². The highest BCUT2D eigenvalue weighted by Gasteiger charge is 2.16. The summed E-state index contributed by atoms with van der Waals surface area (Å²) in [5.41, 5.74) is 3.54. The summed E-state index contributed by atoms with van der Waals surface area (Å²) in [5.74, 6) is 1.32. The van der Waals surface area contributed by atoms with Crippen molar-refractivity contribution in [1.82, 2.24) is 5.32 Å². The minimum absolute atomic E-state index is 0.0881. The van der Waals surface area contributed by atoms with Crippen molar-refractivity contribution in [2.45, 2.75) is 32.9 Å². The average Bonchev–Trinajstić information content (AvgIpc) is 2.77. The van der Waals surface area contributed by atoms with Crippen LogP contribution in [-0.2, 0) is 6.61 Å². The van der Waals surface area contributed by atoms with E-state index < -0.39 is 0 Å². The summed E-state index contributed by atoms with van der Waals surface area (Å²) < 4.78 is 11.2. The number of benzene rings is 3. The van der Waals surface area contributed by atoms with Crippen molar-refractivity contribution in [2.75, 3.05) is 7.11 Å². The first-order valence-electron chi connectivity index (χ1n) is 9.93. The SMILES string of the molecule is CC[C@H](NC(=O)c1cccc(OCc2ccccc2Cl)c1)c1ccc(OC)c(C)c1. The fourth-order valence-corrected chi connectivity index (χ4v) is 3.47. The van der Waals surface area contributed by atoms with Gasteiger partial charge in [0.1, 0.15) is 18.1 Å². The number of carbonyl (C=O) groups is 1. The molecule has 4 nitrogen and oxygen atoms in total. The van der Waals surface area contributed by atoms with E-state index >= 15 is 0 Å². The Bertz CT molecular complexity index is 1020. The molecule has 1 atom stereocenters. The maximum atomic E-state index is 12.9. The highest BCUT2D eigenvalue weighted by Crippen LogP contribution is 2.25. The molecule has 3 aromatic rings. The van der Waals surface area contributed by atoms with Crippen LogP contribution in [0.5, 0.6) is 11.5 Å². The largest absolute Gasteiger partial charge is 0.496 e. The molecule has 0 heterocycles. The zero-order valence-electron chi connectivity index (χ0n) is 17.4. The van der Waals surface area contributed by atoms with Gasteiger partial charge in [-0.2, -0.15) is 0 Å². The molecule has 0 unspecified atom stereocenters. The maximum absolute atomic E-state index is 12.9. The number of halogens is 1. The molecule has 0 radical (unpaired) electrons. The third-order valence-electron chi connectivity index (χ3n) is 4.98. The van der Waals surface area contributed by atoms with Crippen LogP contribution in [0.3, 0.4) is 0 Å². The van der Waals surface area contributed by atoms with Crippen LogP contribution in [0.1, 0.15) is 46.4 Å². The van der Waals surface area contributed by atoms with Crippen LogP contribution in [0.25, 0.3) is 0 Å². The van der Waals surface area contributed by atoms with Gasteiger partial charge >= 0.3 is 0 Å². The van der Waals surface area contributed by atoms with E-state index in [0.29, 0.717) is 22.9 Å². The molecule has 0 saturated heterocycles. The highest BCUT2D eigenvalue weighted by molar-refractivity contribution is 6.31. The van der Waals surface area contributed by atoms with E-state index in [-0.39, 0.29) is 11.9 Å². The van der Waals surface area contributed by atoms with Gasteiger partial charge in [-0.05, 0) is 54.8 Å². The summed E-state index contributed by atoms with van der Waals surface area (Å²) in [6, 6.07) is 20.6. The lowest BCUT2D eigenvalue weighted by Crippen LogP contribution is -2.28. The molecule has 156 valence electrons. The smallest absolute Gasteiger partial charge is 0.251 e. The van der Waals surface area contributed by atoms with Crippen LogP contribution in [-0.4, -0.2) is 13.0 Å². The lowest BCUT2D eigenvalue weighted by atomic mass is 10.0. The Morgan fingerprint density at radius 1 is 1.07 bits per heavy atom. The van der Waals surface area contributed by atoms with E-state index in [1.54, 1.807) is 19.2 Å². The van der Waals surface area contributed by atoms with Gasteiger partial charge in [0.2, 0.25) is 0 Å². The van der Waals surface area contributed by atoms with Gasteiger partial charge in [0, 0.05) is 16.1 Å². The summed E-state index contributed by atoms with van der Waals surface area (Å²) in [6.45, 7) is 4.39. The fourth-order valence-electron chi connectivity index (χ4n) is 3.28. The standard InChI is InChI=1S/C25H26ClNO3/c1-4-23(18-12-13-24(29-3)17(2)14-18)27-25(28)19-9-7-10-21(15-19)30-16-20-8-5-6-11-22(20)26/h5-15,23H,4,16H2,1-3H3,(H,27,28)/t23-/m0/s1. The summed E-state index contributed by atoms with van der Waals surface area (Å²) in [4.78, 5) is 12.9. The number of amides is 1. The number of rotatable bonds is 8. The zero-order valence-corrected chi connectivity index (χ0v) is 18.2. The lowest BCUT2D eigenvalue weighted by molar-refractivity contribution is 0.0935. The molecule has 30 heavy (non-hydrogen) atoms. The molecule has 0 bridgehead atoms. The molecule has 5 heteroatoms. The second-order valence-electron chi connectivity index (χ2n) is 7.07. The molecule has 0 aliphatic rings. The second kappa shape index (κ2) is 10.2. The van der Waals surface area contributed by atoms with Gasteiger partial charge in [-0.25, -0.2) is 0 Å². The lowest BCUT2D eigenvalue weighted by Gasteiger charge is -2.19. The van der Waals surface area contributed by atoms with Crippen molar-refractivity contribution in [3.05, 3.63) is 94.0 Å². The van der Waals surface area contributed by atoms with Crippen LogP contribution in [0.4, 0.5) is 0 Å². The molecule has 1 N–H and O–H groups in total. The molecule has 0 aliphatic heterocycles. The maximum Gasteiger partial charge on any atom is 0.251 e. The Labute approximate surface area is 182 Å². The number of carbonyl (C=O) groups excluding carboxylic acids is 1. The van der Waals surface area contributed by atoms with Crippen LogP contribution in [0.15, 0.2) is 66.7 Å². The molecule has 0 fully saturated rings. The van der Waals surface area contributed by atoms with Gasteiger partial charge < -0.3 is 14.8 Å². The summed E-state index contributed by atoms with van der Waals surface area (Å²) in [7, 11) is 1.65. The van der Waals surface area contributed by atoms with E-state index in [0.717, 1.165) is 28.9 Å². The number of hydrogen-bond donors (Lipinski definition) is 1. The van der Waals surface area contributed by atoms with Crippen molar-refractivity contribution < 1.29 is 14.3 Å². The Kier molecular flexibility index (Phi) is 7.36. The Morgan fingerprint density at radius 2 is 1.87 bits per heavy atom. The topological polar surface area (TPSA) is 47.6 Å². The molecular weight excluding hydrogens is 398 g/mol. The van der Waals surface area contributed by atoms with Gasteiger partial charge in [0.05, 0.1) is 13.2 Å². The van der Waals surface area contributed by atoms with Crippen molar-refractivity contribution in [3.63, 3.8) is 0 Å². The first kappa shape index (κ1) is 21.7. The molecule has 0 aromatic heterocycles. The number of nitrogens with one attached hydrogen (secondary N) is 1. The third-order valence-corrected chi connectivity index (χ3v) is 5.35. The molecule has 0 aliphatic carbocycles. The van der Waals surface area contributed by atoms with Crippen LogP contribution in [0.2, 0.25) is 5.02 Å². The normalized spacial score (nSPS) is 11.6. The van der Waals surface area contributed by atoms with Gasteiger partial charge in [-0.1, -0.05) is 54.9 Å². The van der Waals surface area contributed by atoms with E-state index in [4.69, 9.17) is 21.1 Å². The minimum Gasteiger partial charge on any atom is -0.496 e. The van der Waals surface area contributed by atoms with Crippen LogP contribution in [0, 0.1) is 6.92 Å². The molecule has 0 spiro atoms. The average molecular weight is 424 g/mol. The van der Waals surface area contributed by atoms with Gasteiger partial charge in [0.25, 0.3) is 5.91 Å². The van der Waals surface area contributed by atoms with Gasteiger partial charge in [-0.3, -0.25) is 4.79 Å². The Balaban J connectivity index is 1.69. The first-order valence-corrected chi connectivity index (χ1v) is 10.3. The van der Waals surface area contributed by atoms with Gasteiger partial charge in [0.15, 0.2) is 0 Å². The summed E-state index contributed by atoms with van der Waals surface area (Å²) in [5, 5.41) is 3.78. The van der Waals surface area contributed by atoms with Crippen LogP contribution < -0.4 is 14.8 Å². The number of ether oxygens (including phenoxy) is 2. The third kappa shape index (κ3) is 5.33. The second-order valence-corrected chi connectivity index (χ2v) is 7.48. The molecule has 3 aromatic carbocycles. The van der Waals surface area contributed by atoms with E-state index in [2.05, 4.69) is 11.4 Å². The van der Waals surface area contributed by atoms with Crippen molar-refractivity contribution in [2.24, 2.45) is 0 Å². The Morgan fingerprint density at radius 3 is 2.57 bits per heavy atom. The predicted molar refractivity (Wildman–Crippen MR) is 120 cm³/mol. The zero-order chi connectivity index (χ0) is 21.5. The van der Waals surface area contributed by atoms with E-state index in [1.165, 1.54) is 0 Å². The molecule has 1 amide bonds. The monoisotopic (exact) mass is 423 g/mol. The molecule has 0 saturated carbocycles. The number of aryl methyl sites for hydroxylation is 1. The fraction of sp³-hybridized carbons (Fsp3) is 0.240. The quantitative estimate of drug-likeness (QED) is 0.475. The molecular formula is C25H26ClNO3. The van der Waals surface area contributed by atoms with Crippen molar-refractivity contribution in [3.8, 4) is 11.5 Å². The van der Waals surface area contributed by atoms with Crippen molar-refractivity contribution >= 4 is 17.5 Å². The van der Waals surface area contributed by atoms with Crippen LogP contribution >= 0.6 is 11.6 Å². The van der Waals surface area contributed by atoms with Crippen molar-refractivity contribution in [1.29, 1.82) is 0 Å². The first-order chi connectivity index (χ1) is 14.5. The predicted octanol–water partition coefficient (Wildman–Crippen LogP) is 6.12. The number of hydrogen-bond acceptors (Lipinski definition) is 3. The molecule has 3 rings (SSSR count).